The van der Waals surface area contributed by atoms with Crippen LogP contribution < -0.4 is 14.8 Å². The lowest BCUT2D eigenvalue weighted by Crippen LogP contribution is -1.99. The lowest BCUT2D eigenvalue weighted by atomic mass is 10.0. The number of hydrogen-bond acceptors (Lipinski definition) is 7. The monoisotopic (exact) mass is 485 g/mol. The molecule has 0 aliphatic rings. The lowest BCUT2D eigenvalue weighted by Gasteiger charge is -2.12. The molecule has 0 aliphatic heterocycles. The number of ether oxygens (including phenoxy) is 2. The molecule has 7 heteroatoms. The second kappa shape index (κ2) is 9.54. The largest absolute Gasteiger partial charge is 0.495 e. The van der Waals surface area contributed by atoms with E-state index in [9.17, 15) is 0 Å². The van der Waals surface area contributed by atoms with Crippen molar-refractivity contribution < 1.29 is 9.47 Å². The summed E-state index contributed by atoms with van der Waals surface area (Å²) < 4.78 is 11.4. The average Bonchev–Trinajstić information content (AvgIpc) is 2.95. The predicted octanol–water partition coefficient (Wildman–Crippen LogP) is 7.09. The van der Waals surface area contributed by atoms with Crippen molar-refractivity contribution in [2.75, 3.05) is 12.4 Å². The first-order chi connectivity index (χ1) is 18.2. The summed E-state index contributed by atoms with van der Waals surface area (Å²) in [4.78, 5) is 8.81. The standard InChI is InChI=1S/C30H23N5O2/c1-19-7-9-20(10-8-19)28-24-5-3-4-6-25(24)30(35-34-28)33-21-11-13-22(14-12-21)37-27-15-16-31-26-17-23(36-2)18-32-29(26)27/h3-18H,1-2H3,(H,33,35). The minimum absolute atomic E-state index is 0.622. The number of nitrogens with zero attached hydrogens (tertiary/aromatic N) is 4. The molecule has 0 radical (unpaired) electrons. The summed E-state index contributed by atoms with van der Waals surface area (Å²) in [6.45, 7) is 2.07. The Labute approximate surface area is 213 Å². The fourth-order valence-corrected chi connectivity index (χ4v) is 4.17. The number of anilines is 2. The summed E-state index contributed by atoms with van der Waals surface area (Å²) in [7, 11) is 1.60. The molecular weight excluding hydrogens is 462 g/mol. The number of pyridine rings is 2. The van der Waals surface area contributed by atoms with E-state index in [4.69, 9.17) is 9.47 Å². The normalized spacial score (nSPS) is 11.0. The summed E-state index contributed by atoms with van der Waals surface area (Å²) in [6, 6.07) is 27.8. The van der Waals surface area contributed by atoms with Crippen molar-refractivity contribution in [1.82, 2.24) is 20.2 Å². The van der Waals surface area contributed by atoms with Crippen LogP contribution in [0.25, 0.3) is 33.1 Å². The molecule has 0 unspecified atom stereocenters. The summed E-state index contributed by atoms with van der Waals surface area (Å²) in [6.07, 6.45) is 3.35. The van der Waals surface area contributed by atoms with Crippen LogP contribution >= 0.6 is 0 Å². The predicted molar refractivity (Wildman–Crippen MR) is 146 cm³/mol. The molecule has 0 saturated heterocycles. The third-order valence-corrected chi connectivity index (χ3v) is 6.11. The quantitative estimate of drug-likeness (QED) is 0.270. The molecule has 0 spiro atoms. The van der Waals surface area contributed by atoms with E-state index in [0.29, 0.717) is 34.1 Å². The zero-order valence-electron chi connectivity index (χ0n) is 20.3. The maximum atomic E-state index is 6.11. The molecule has 180 valence electrons. The van der Waals surface area contributed by atoms with E-state index in [1.807, 2.05) is 42.5 Å². The Balaban J connectivity index is 1.26. The molecule has 0 fully saturated rings. The molecule has 0 bridgehead atoms. The van der Waals surface area contributed by atoms with E-state index < -0.39 is 0 Å². The van der Waals surface area contributed by atoms with Gasteiger partial charge in [0.2, 0.25) is 0 Å². The zero-order valence-corrected chi connectivity index (χ0v) is 20.3. The Kier molecular flexibility index (Phi) is 5.78. The fourth-order valence-electron chi connectivity index (χ4n) is 4.17. The van der Waals surface area contributed by atoms with Gasteiger partial charge in [-0.15, -0.1) is 10.2 Å². The van der Waals surface area contributed by atoms with Crippen molar-refractivity contribution >= 4 is 33.3 Å². The van der Waals surface area contributed by atoms with Gasteiger partial charge in [-0.25, -0.2) is 4.98 Å². The molecule has 3 aromatic carbocycles. The van der Waals surface area contributed by atoms with Gasteiger partial charge in [-0.3, -0.25) is 4.98 Å². The Morgan fingerprint density at radius 2 is 1.54 bits per heavy atom. The highest BCUT2D eigenvalue weighted by Crippen LogP contribution is 2.33. The van der Waals surface area contributed by atoms with Crippen molar-refractivity contribution in [1.29, 1.82) is 0 Å². The van der Waals surface area contributed by atoms with Crippen LogP contribution in [-0.4, -0.2) is 27.3 Å². The van der Waals surface area contributed by atoms with Gasteiger partial charge in [0.25, 0.3) is 0 Å². The van der Waals surface area contributed by atoms with E-state index in [-0.39, 0.29) is 0 Å². The molecule has 1 N–H and O–H groups in total. The number of aromatic nitrogens is 4. The fraction of sp³-hybridized carbons (Fsp3) is 0.0667. The van der Waals surface area contributed by atoms with Crippen LogP contribution in [0.2, 0.25) is 0 Å². The Morgan fingerprint density at radius 1 is 0.757 bits per heavy atom. The molecule has 0 aliphatic carbocycles. The third-order valence-electron chi connectivity index (χ3n) is 6.11. The first kappa shape index (κ1) is 22.4. The zero-order chi connectivity index (χ0) is 25.2. The van der Waals surface area contributed by atoms with Gasteiger partial charge in [-0.1, -0.05) is 54.1 Å². The minimum Gasteiger partial charge on any atom is -0.495 e. The molecule has 3 heterocycles. The van der Waals surface area contributed by atoms with Crippen molar-refractivity contribution in [3.63, 3.8) is 0 Å². The topological polar surface area (TPSA) is 82.0 Å². The van der Waals surface area contributed by atoms with Crippen molar-refractivity contribution in [3.8, 4) is 28.5 Å². The number of rotatable bonds is 6. The van der Waals surface area contributed by atoms with Crippen molar-refractivity contribution in [2.24, 2.45) is 0 Å². The summed E-state index contributed by atoms with van der Waals surface area (Å²) in [5, 5.41) is 14.5. The van der Waals surface area contributed by atoms with Crippen LogP contribution in [-0.2, 0) is 0 Å². The molecule has 0 atom stereocenters. The molecule has 3 aromatic heterocycles. The van der Waals surface area contributed by atoms with Crippen LogP contribution in [0.5, 0.6) is 17.2 Å². The van der Waals surface area contributed by atoms with Gasteiger partial charge >= 0.3 is 0 Å². The number of benzene rings is 3. The van der Waals surface area contributed by atoms with E-state index in [2.05, 4.69) is 68.8 Å². The molecular formula is C30H23N5O2. The van der Waals surface area contributed by atoms with Crippen molar-refractivity contribution in [3.05, 3.63) is 103 Å². The highest BCUT2D eigenvalue weighted by atomic mass is 16.5. The summed E-state index contributed by atoms with van der Waals surface area (Å²) in [5.41, 5.74) is 5.35. The van der Waals surface area contributed by atoms with Gasteiger partial charge < -0.3 is 14.8 Å². The first-order valence-electron chi connectivity index (χ1n) is 11.8. The Hall–Kier alpha value is -5.04. The van der Waals surface area contributed by atoms with Crippen LogP contribution in [0.15, 0.2) is 97.3 Å². The van der Waals surface area contributed by atoms with E-state index >= 15 is 0 Å². The number of aryl methyl sites for hydroxylation is 1. The Morgan fingerprint density at radius 3 is 2.32 bits per heavy atom. The second-order valence-electron chi connectivity index (χ2n) is 8.61. The van der Waals surface area contributed by atoms with Gasteiger partial charge in [0, 0.05) is 40.4 Å². The SMILES string of the molecule is COc1cnc2c(Oc3ccc(Nc4nnc(-c5ccc(C)cc5)c5ccccc45)cc3)ccnc2c1. The number of nitrogens with one attached hydrogen (secondary N) is 1. The lowest BCUT2D eigenvalue weighted by molar-refractivity contribution is 0.413. The van der Waals surface area contributed by atoms with Gasteiger partial charge in [-0.2, -0.15) is 0 Å². The van der Waals surface area contributed by atoms with Gasteiger partial charge in [0.15, 0.2) is 11.6 Å². The van der Waals surface area contributed by atoms with Crippen LogP contribution in [0, 0.1) is 6.92 Å². The summed E-state index contributed by atoms with van der Waals surface area (Å²) >= 11 is 0. The third kappa shape index (κ3) is 4.50. The number of methoxy groups -OCH3 is 1. The first-order valence-corrected chi connectivity index (χ1v) is 11.8. The maximum absolute atomic E-state index is 6.11. The van der Waals surface area contributed by atoms with Gasteiger partial charge in [-0.05, 0) is 31.2 Å². The second-order valence-corrected chi connectivity index (χ2v) is 8.61. The van der Waals surface area contributed by atoms with Gasteiger partial charge in [0.1, 0.15) is 22.7 Å². The minimum atomic E-state index is 0.622. The molecule has 37 heavy (non-hydrogen) atoms. The molecule has 6 rings (SSSR count). The highest BCUT2D eigenvalue weighted by molar-refractivity contribution is 6.00. The molecule has 6 aromatic rings. The van der Waals surface area contributed by atoms with Crippen LogP contribution in [0.4, 0.5) is 11.5 Å². The van der Waals surface area contributed by atoms with Crippen molar-refractivity contribution in [2.45, 2.75) is 6.92 Å². The van der Waals surface area contributed by atoms with Crippen LogP contribution in [0.1, 0.15) is 5.56 Å². The average molecular weight is 486 g/mol. The van der Waals surface area contributed by atoms with E-state index in [1.165, 1.54) is 5.56 Å². The van der Waals surface area contributed by atoms with Gasteiger partial charge in [0.05, 0.1) is 18.8 Å². The molecule has 0 saturated carbocycles. The van der Waals surface area contributed by atoms with Crippen LogP contribution in [0.3, 0.4) is 0 Å². The highest BCUT2D eigenvalue weighted by Gasteiger charge is 2.12. The maximum Gasteiger partial charge on any atom is 0.161 e. The Bertz CT molecular complexity index is 1720. The number of fused-ring (bicyclic) bond motifs is 2. The molecule has 7 nitrogen and oxygen atoms in total. The molecule has 0 amide bonds. The van der Waals surface area contributed by atoms with E-state index in [1.54, 1.807) is 25.6 Å². The smallest absolute Gasteiger partial charge is 0.161 e. The summed E-state index contributed by atoms with van der Waals surface area (Å²) in [5.74, 6) is 2.65. The number of hydrogen-bond donors (Lipinski definition) is 1. The van der Waals surface area contributed by atoms with E-state index in [0.717, 1.165) is 27.7 Å².